The minimum absolute atomic E-state index is 0.0836. The van der Waals surface area contributed by atoms with Crippen LogP contribution in [0, 0.1) is 6.92 Å². The van der Waals surface area contributed by atoms with E-state index < -0.39 is 0 Å². The number of carbonyl (C=O) groups is 1. The summed E-state index contributed by atoms with van der Waals surface area (Å²) in [6.45, 7) is 3.35. The minimum Gasteiger partial charge on any atom is -0.356 e. The molecule has 0 bridgehead atoms. The second-order valence-corrected chi connectivity index (χ2v) is 4.55. The molecule has 78 valence electrons. The average Bonchev–Trinajstić information content (AvgIpc) is 2.52. The van der Waals surface area contributed by atoms with Crippen molar-refractivity contribution in [3.8, 4) is 0 Å². The Kier molecular flexibility index (Phi) is 4.62. The summed E-state index contributed by atoms with van der Waals surface area (Å²) in [6.07, 6.45) is 1.33. The number of nitrogens with two attached hydrogens (primary N) is 1. The van der Waals surface area contributed by atoms with Gasteiger partial charge >= 0.3 is 0 Å². The number of thiophene rings is 1. The van der Waals surface area contributed by atoms with E-state index in [4.69, 9.17) is 5.73 Å². The first-order valence-corrected chi connectivity index (χ1v) is 5.56. The van der Waals surface area contributed by atoms with Crippen LogP contribution in [0.1, 0.15) is 16.2 Å². The van der Waals surface area contributed by atoms with Crippen LogP contribution < -0.4 is 11.1 Å². The summed E-state index contributed by atoms with van der Waals surface area (Å²) < 4.78 is 0. The molecule has 0 aliphatic rings. The first kappa shape index (κ1) is 11.2. The Balaban J connectivity index is 2.27. The van der Waals surface area contributed by atoms with Gasteiger partial charge in [-0.15, -0.1) is 11.3 Å². The molecule has 0 atom stereocenters. The zero-order chi connectivity index (χ0) is 10.4. The molecule has 0 saturated carbocycles. The van der Waals surface area contributed by atoms with Gasteiger partial charge in [-0.25, -0.2) is 0 Å². The Bertz CT molecular complexity index is 296. The van der Waals surface area contributed by atoms with E-state index in [1.54, 1.807) is 11.3 Å². The van der Waals surface area contributed by atoms with E-state index in [9.17, 15) is 4.79 Å². The van der Waals surface area contributed by atoms with Crippen LogP contribution in [0.25, 0.3) is 0 Å². The number of rotatable bonds is 5. The monoisotopic (exact) mass is 212 g/mol. The maximum atomic E-state index is 11.4. The van der Waals surface area contributed by atoms with Crippen LogP contribution in [0.4, 0.5) is 0 Å². The normalized spacial score (nSPS) is 10.1. The largest absolute Gasteiger partial charge is 0.356 e. The van der Waals surface area contributed by atoms with E-state index in [0.717, 1.165) is 11.3 Å². The van der Waals surface area contributed by atoms with Crippen LogP contribution >= 0.6 is 11.3 Å². The molecule has 0 radical (unpaired) electrons. The fraction of sp³-hybridized carbons (Fsp3) is 0.500. The summed E-state index contributed by atoms with van der Waals surface area (Å²) in [7, 11) is 0. The van der Waals surface area contributed by atoms with E-state index in [0.29, 0.717) is 19.5 Å². The highest BCUT2D eigenvalue weighted by atomic mass is 32.1. The SMILES string of the molecule is Cc1ccc(CC(=O)NCCCN)s1. The molecular formula is C10H16N2OS. The van der Waals surface area contributed by atoms with Gasteiger partial charge in [0.15, 0.2) is 0 Å². The van der Waals surface area contributed by atoms with Gasteiger partial charge in [0, 0.05) is 16.3 Å². The fourth-order valence-corrected chi connectivity index (χ4v) is 2.02. The van der Waals surface area contributed by atoms with Crippen molar-refractivity contribution in [3.63, 3.8) is 0 Å². The molecule has 3 N–H and O–H groups in total. The number of hydrogen-bond acceptors (Lipinski definition) is 3. The quantitative estimate of drug-likeness (QED) is 0.717. The molecule has 1 heterocycles. The molecule has 1 aromatic heterocycles. The summed E-state index contributed by atoms with van der Waals surface area (Å²) in [4.78, 5) is 13.7. The Morgan fingerprint density at radius 2 is 2.36 bits per heavy atom. The van der Waals surface area contributed by atoms with Crippen molar-refractivity contribution in [2.45, 2.75) is 19.8 Å². The van der Waals surface area contributed by atoms with Gasteiger partial charge in [-0.2, -0.15) is 0 Å². The maximum absolute atomic E-state index is 11.4. The number of hydrogen-bond donors (Lipinski definition) is 2. The van der Waals surface area contributed by atoms with Gasteiger partial charge in [0.1, 0.15) is 0 Å². The van der Waals surface area contributed by atoms with Crippen molar-refractivity contribution >= 4 is 17.2 Å². The molecule has 1 rings (SSSR count). The molecule has 4 heteroatoms. The molecular weight excluding hydrogens is 196 g/mol. The minimum atomic E-state index is 0.0836. The summed E-state index contributed by atoms with van der Waals surface area (Å²) in [5, 5.41) is 2.83. The second-order valence-electron chi connectivity index (χ2n) is 3.18. The van der Waals surface area contributed by atoms with Crippen molar-refractivity contribution in [1.82, 2.24) is 5.32 Å². The van der Waals surface area contributed by atoms with E-state index in [-0.39, 0.29) is 5.91 Å². The Morgan fingerprint density at radius 3 is 2.93 bits per heavy atom. The zero-order valence-electron chi connectivity index (χ0n) is 8.38. The summed E-state index contributed by atoms with van der Waals surface area (Å²) >= 11 is 1.67. The maximum Gasteiger partial charge on any atom is 0.225 e. The van der Waals surface area contributed by atoms with Gasteiger partial charge in [0.05, 0.1) is 6.42 Å². The predicted molar refractivity (Wildman–Crippen MR) is 59.4 cm³/mol. The van der Waals surface area contributed by atoms with Gasteiger partial charge < -0.3 is 11.1 Å². The predicted octanol–water partition coefficient (Wildman–Crippen LogP) is 1.06. The molecule has 1 amide bonds. The van der Waals surface area contributed by atoms with Crippen LogP contribution in [-0.2, 0) is 11.2 Å². The van der Waals surface area contributed by atoms with E-state index in [2.05, 4.69) is 5.32 Å². The molecule has 1 aromatic rings. The van der Waals surface area contributed by atoms with E-state index in [1.165, 1.54) is 4.88 Å². The van der Waals surface area contributed by atoms with Gasteiger partial charge in [-0.3, -0.25) is 4.79 Å². The standard InChI is InChI=1S/C10H16N2OS/c1-8-3-4-9(14-8)7-10(13)12-6-2-5-11/h3-4H,2,5-7,11H2,1H3,(H,12,13). The van der Waals surface area contributed by atoms with Crippen LogP contribution in [0.5, 0.6) is 0 Å². The molecule has 0 aliphatic carbocycles. The Morgan fingerprint density at radius 1 is 1.57 bits per heavy atom. The average molecular weight is 212 g/mol. The third-order valence-corrected chi connectivity index (χ3v) is 2.83. The molecule has 0 aliphatic heterocycles. The number of nitrogens with one attached hydrogen (secondary N) is 1. The van der Waals surface area contributed by atoms with Crippen molar-refractivity contribution in [1.29, 1.82) is 0 Å². The topological polar surface area (TPSA) is 55.1 Å². The Hall–Kier alpha value is -0.870. The number of carbonyl (C=O) groups excluding carboxylic acids is 1. The van der Waals surface area contributed by atoms with Gasteiger partial charge in [-0.05, 0) is 32.0 Å². The molecule has 0 unspecified atom stereocenters. The molecule has 0 spiro atoms. The summed E-state index contributed by atoms with van der Waals surface area (Å²) in [5.41, 5.74) is 5.32. The smallest absolute Gasteiger partial charge is 0.225 e. The van der Waals surface area contributed by atoms with Gasteiger partial charge in [0.2, 0.25) is 5.91 Å². The van der Waals surface area contributed by atoms with Crippen molar-refractivity contribution in [3.05, 3.63) is 21.9 Å². The van der Waals surface area contributed by atoms with Crippen molar-refractivity contribution < 1.29 is 4.79 Å². The lowest BCUT2D eigenvalue weighted by Gasteiger charge is -2.01. The zero-order valence-corrected chi connectivity index (χ0v) is 9.19. The second kappa shape index (κ2) is 5.78. The third kappa shape index (κ3) is 3.89. The van der Waals surface area contributed by atoms with Crippen LogP contribution in [0.3, 0.4) is 0 Å². The highest BCUT2D eigenvalue weighted by Crippen LogP contribution is 2.15. The lowest BCUT2D eigenvalue weighted by molar-refractivity contribution is -0.120. The lowest BCUT2D eigenvalue weighted by Crippen LogP contribution is -2.27. The van der Waals surface area contributed by atoms with Gasteiger partial charge in [-0.1, -0.05) is 0 Å². The fourth-order valence-electron chi connectivity index (χ4n) is 1.13. The van der Waals surface area contributed by atoms with Crippen LogP contribution in [-0.4, -0.2) is 19.0 Å². The first-order chi connectivity index (χ1) is 6.72. The van der Waals surface area contributed by atoms with E-state index in [1.807, 2.05) is 19.1 Å². The Labute approximate surface area is 88.3 Å². The van der Waals surface area contributed by atoms with Crippen LogP contribution in [0.15, 0.2) is 12.1 Å². The molecule has 3 nitrogen and oxygen atoms in total. The molecule has 14 heavy (non-hydrogen) atoms. The highest BCUT2D eigenvalue weighted by Gasteiger charge is 2.03. The van der Waals surface area contributed by atoms with E-state index >= 15 is 0 Å². The summed E-state index contributed by atoms with van der Waals surface area (Å²) in [6, 6.07) is 4.04. The third-order valence-electron chi connectivity index (χ3n) is 1.83. The van der Waals surface area contributed by atoms with Crippen molar-refractivity contribution in [2.24, 2.45) is 5.73 Å². The number of aryl methyl sites for hydroxylation is 1. The van der Waals surface area contributed by atoms with Gasteiger partial charge in [0.25, 0.3) is 0 Å². The molecule has 0 fully saturated rings. The summed E-state index contributed by atoms with van der Waals surface area (Å²) in [5.74, 6) is 0.0836. The number of amides is 1. The molecule has 0 saturated heterocycles. The van der Waals surface area contributed by atoms with Crippen LogP contribution in [0.2, 0.25) is 0 Å². The highest BCUT2D eigenvalue weighted by molar-refractivity contribution is 7.12. The molecule has 0 aromatic carbocycles. The van der Waals surface area contributed by atoms with Crippen molar-refractivity contribution in [2.75, 3.05) is 13.1 Å². The first-order valence-electron chi connectivity index (χ1n) is 4.74. The lowest BCUT2D eigenvalue weighted by atomic mass is 10.3.